The first kappa shape index (κ1) is 30.7. The minimum Gasteiger partial charge on any atom is -0.455 e. The van der Waals surface area contributed by atoms with Crippen molar-refractivity contribution in [3.63, 3.8) is 0 Å². The molecule has 0 aliphatic carbocycles. The standard InChI is InChI=1S/C49H29N3OS/c1-3-12-30(13-4-1)31-22-24-33(25-23-31)47-50-48(34-26-27-44-41(28-34)36-17-9-10-21-43(36)54-44)52-49(51-47)39-20-11-19-38-42-29-40(32-14-5-2-6-15-32)35-16-7-8-18-37(35)46(42)53-45(38)39/h1-29H. The van der Waals surface area contributed by atoms with Crippen molar-refractivity contribution in [2.75, 3.05) is 0 Å². The van der Waals surface area contributed by atoms with E-state index in [-0.39, 0.29) is 0 Å². The molecule has 4 nitrogen and oxygen atoms in total. The highest BCUT2D eigenvalue weighted by atomic mass is 32.1. The highest BCUT2D eigenvalue weighted by Crippen LogP contribution is 2.43. The second kappa shape index (κ2) is 12.3. The first-order chi connectivity index (χ1) is 26.7. The van der Waals surface area contributed by atoms with Crippen LogP contribution in [0.5, 0.6) is 0 Å². The molecule has 3 aromatic heterocycles. The molecule has 11 rings (SSSR count). The molecule has 0 saturated heterocycles. The van der Waals surface area contributed by atoms with Crippen molar-refractivity contribution in [1.82, 2.24) is 15.0 Å². The summed E-state index contributed by atoms with van der Waals surface area (Å²) >= 11 is 1.80. The van der Waals surface area contributed by atoms with Gasteiger partial charge in [-0.2, -0.15) is 0 Å². The van der Waals surface area contributed by atoms with E-state index in [0.717, 1.165) is 60.5 Å². The topological polar surface area (TPSA) is 51.8 Å². The Morgan fingerprint density at radius 1 is 0.315 bits per heavy atom. The van der Waals surface area contributed by atoms with E-state index >= 15 is 0 Å². The number of furan rings is 1. The molecule has 0 aliphatic rings. The van der Waals surface area contributed by atoms with Crippen LogP contribution < -0.4 is 0 Å². The summed E-state index contributed by atoms with van der Waals surface area (Å²) in [4.78, 5) is 15.5. The smallest absolute Gasteiger partial charge is 0.167 e. The monoisotopic (exact) mass is 707 g/mol. The summed E-state index contributed by atoms with van der Waals surface area (Å²) in [6, 6.07) is 61.5. The Bertz CT molecular complexity index is 3200. The summed E-state index contributed by atoms with van der Waals surface area (Å²) in [6.45, 7) is 0. The number of benzene rings is 8. The van der Waals surface area contributed by atoms with Gasteiger partial charge in [0.2, 0.25) is 0 Å². The van der Waals surface area contributed by atoms with Gasteiger partial charge in [-0.1, -0.05) is 140 Å². The average Bonchev–Trinajstić information content (AvgIpc) is 3.82. The first-order valence-corrected chi connectivity index (χ1v) is 18.8. The van der Waals surface area contributed by atoms with E-state index in [1.54, 1.807) is 11.3 Å². The normalized spacial score (nSPS) is 11.7. The Morgan fingerprint density at radius 3 is 1.67 bits per heavy atom. The minimum atomic E-state index is 0.564. The zero-order valence-electron chi connectivity index (χ0n) is 28.9. The van der Waals surface area contributed by atoms with Crippen molar-refractivity contribution >= 4 is 64.2 Å². The Hall–Kier alpha value is -6.95. The van der Waals surface area contributed by atoms with Crippen LogP contribution >= 0.6 is 11.3 Å². The van der Waals surface area contributed by atoms with Crippen molar-refractivity contribution in [1.29, 1.82) is 0 Å². The molecule has 5 heteroatoms. The van der Waals surface area contributed by atoms with Gasteiger partial charge in [0.25, 0.3) is 0 Å². The molecule has 3 heterocycles. The second-order valence-electron chi connectivity index (χ2n) is 13.6. The molecule has 0 saturated carbocycles. The lowest BCUT2D eigenvalue weighted by molar-refractivity contribution is 0.673. The zero-order chi connectivity index (χ0) is 35.6. The maximum absolute atomic E-state index is 6.89. The van der Waals surface area contributed by atoms with Crippen LogP contribution in [-0.4, -0.2) is 15.0 Å². The van der Waals surface area contributed by atoms with Crippen molar-refractivity contribution in [3.05, 3.63) is 176 Å². The molecule has 0 aliphatic heterocycles. The second-order valence-corrected chi connectivity index (χ2v) is 14.6. The highest BCUT2D eigenvalue weighted by Gasteiger charge is 2.20. The molecule has 8 aromatic carbocycles. The molecule has 0 amide bonds. The van der Waals surface area contributed by atoms with Crippen LogP contribution in [0.2, 0.25) is 0 Å². The Balaban J connectivity index is 1.13. The molecular formula is C49H29N3OS. The maximum Gasteiger partial charge on any atom is 0.167 e. The lowest BCUT2D eigenvalue weighted by atomic mass is 9.95. The summed E-state index contributed by atoms with van der Waals surface area (Å²) in [5, 5.41) is 6.74. The summed E-state index contributed by atoms with van der Waals surface area (Å²) in [6.07, 6.45) is 0. The summed E-state index contributed by atoms with van der Waals surface area (Å²) in [5.74, 6) is 1.79. The van der Waals surface area contributed by atoms with Crippen molar-refractivity contribution in [3.8, 4) is 56.4 Å². The van der Waals surface area contributed by atoms with E-state index in [0.29, 0.717) is 17.5 Å². The lowest BCUT2D eigenvalue weighted by Gasteiger charge is -2.10. The molecule has 0 N–H and O–H groups in total. The van der Waals surface area contributed by atoms with Crippen LogP contribution in [0, 0.1) is 0 Å². The SMILES string of the molecule is c1ccc(-c2ccc(-c3nc(-c4ccc5sc6ccccc6c5c4)nc(-c4cccc5c4oc4c6ccccc6c(-c6ccccc6)cc54)n3)cc2)cc1. The third-order valence-electron chi connectivity index (χ3n) is 10.4. The van der Waals surface area contributed by atoms with Gasteiger partial charge in [0, 0.05) is 47.5 Å². The quantitative estimate of drug-likeness (QED) is 0.179. The van der Waals surface area contributed by atoms with E-state index in [4.69, 9.17) is 19.4 Å². The van der Waals surface area contributed by atoms with Gasteiger partial charge in [-0.3, -0.25) is 0 Å². The molecule has 11 aromatic rings. The minimum absolute atomic E-state index is 0.564. The van der Waals surface area contributed by atoms with E-state index in [9.17, 15) is 0 Å². The predicted molar refractivity (Wildman–Crippen MR) is 225 cm³/mol. The number of hydrogen-bond donors (Lipinski definition) is 0. The van der Waals surface area contributed by atoms with Crippen LogP contribution in [0.4, 0.5) is 0 Å². The van der Waals surface area contributed by atoms with Crippen LogP contribution in [0.3, 0.4) is 0 Å². The van der Waals surface area contributed by atoms with Crippen molar-refractivity contribution in [2.24, 2.45) is 0 Å². The third kappa shape index (κ3) is 5.01. The molecule has 0 spiro atoms. The summed E-state index contributed by atoms with van der Waals surface area (Å²) in [7, 11) is 0. The van der Waals surface area contributed by atoms with E-state index in [1.165, 1.54) is 31.3 Å². The van der Waals surface area contributed by atoms with Crippen molar-refractivity contribution < 1.29 is 4.42 Å². The number of fused-ring (bicyclic) bond motifs is 8. The molecule has 0 fully saturated rings. The molecule has 0 unspecified atom stereocenters. The molecule has 0 radical (unpaired) electrons. The molecule has 252 valence electrons. The number of thiophene rings is 1. The fraction of sp³-hybridized carbons (Fsp3) is 0. The van der Waals surface area contributed by atoms with Crippen LogP contribution in [0.1, 0.15) is 0 Å². The lowest BCUT2D eigenvalue weighted by Crippen LogP contribution is -2.00. The van der Waals surface area contributed by atoms with Gasteiger partial charge in [-0.15, -0.1) is 11.3 Å². The molecule has 54 heavy (non-hydrogen) atoms. The van der Waals surface area contributed by atoms with Crippen LogP contribution in [0.25, 0.3) is 109 Å². The van der Waals surface area contributed by atoms with E-state index in [2.05, 4.69) is 170 Å². The third-order valence-corrected chi connectivity index (χ3v) is 11.5. The number of aromatic nitrogens is 3. The van der Waals surface area contributed by atoms with Crippen LogP contribution in [0.15, 0.2) is 180 Å². The predicted octanol–water partition coefficient (Wildman–Crippen LogP) is 13.6. The zero-order valence-corrected chi connectivity index (χ0v) is 29.7. The molecule has 0 atom stereocenters. The molecular weight excluding hydrogens is 679 g/mol. The number of hydrogen-bond acceptors (Lipinski definition) is 5. The maximum atomic E-state index is 6.89. The number of nitrogens with zero attached hydrogens (tertiary/aromatic N) is 3. The first-order valence-electron chi connectivity index (χ1n) is 18.0. The average molecular weight is 708 g/mol. The summed E-state index contributed by atoms with van der Waals surface area (Å²) < 4.78 is 9.39. The van der Waals surface area contributed by atoms with Gasteiger partial charge in [-0.25, -0.2) is 15.0 Å². The molecule has 0 bridgehead atoms. The Morgan fingerprint density at radius 2 is 0.870 bits per heavy atom. The largest absolute Gasteiger partial charge is 0.455 e. The fourth-order valence-corrected chi connectivity index (χ4v) is 8.80. The van der Waals surface area contributed by atoms with Crippen molar-refractivity contribution in [2.45, 2.75) is 0 Å². The highest BCUT2D eigenvalue weighted by molar-refractivity contribution is 7.25. The van der Waals surface area contributed by atoms with Gasteiger partial charge in [-0.05, 0) is 64.0 Å². The van der Waals surface area contributed by atoms with Gasteiger partial charge in [0.05, 0.1) is 5.56 Å². The van der Waals surface area contributed by atoms with Gasteiger partial charge in [0.15, 0.2) is 17.5 Å². The van der Waals surface area contributed by atoms with E-state index < -0.39 is 0 Å². The summed E-state index contributed by atoms with van der Waals surface area (Å²) in [5.41, 5.74) is 8.92. The Labute approximate surface area is 314 Å². The fourth-order valence-electron chi connectivity index (χ4n) is 7.71. The van der Waals surface area contributed by atoms with Gasteiger partial charge in [0.1, 0.15) is 11.2 Å². The van der Waals surface area contributed by atoms with E-state index in [1.807, 2.05) is 6.07 Å². The number of rotatable bonds is 5. The van der Waals surface area contributed by atoms with Gasteiger partial charge < -0.3 is 4.42 Å². The Kier molecular flexibility index (Phi) is 7.00. The van der Waals surface area contributed by atoms with Crippen LogP contribution in [-0.2, 0) is 0 Å². The van der Waals surface area contributed by atoms with Gasteiger partial charge >= 0.3 is 0 Å². The number of para-hydroxylation sites is 1.